The smallest absolute Gasteiger partial charge is 0.293 e. The van der Waals surface area contributed by atoms with Crippen molar-refractivity contribution in [3.05, 3.63) is 31.5 Å². The molecule has 0 aliphatic rings. The highest BCUT2D eigenvalue weighted by Crippen LogP contribution is 1.79. The Kier molecular flexibility index (Phi) is 6.10. The summed E-state index contributed by atoms with van der Waals surface area (Å²) in [5, 5.41) is 0. The standard InChI is InChI=1S/C9H15N9O6/c10-13-4(19)1-16-7(22)17(2-5(20)14-11)9(24)18(8(16)23)3-6(21)15-12/h1-3,10-12H2,(H,13,19)(H,14,20)(H,15,21). The zero-order valence-electron chi connectivity index (χ0n) is 12.1. The van der Waals surface area contributed by atoms with Gasteiger partial charge < -0.3 is 0 Å². The van der Waals surface area contributed by atoms with Gasteiger partial charge in [0.05, 0.1) is 0 Å². The van der Waals surface area contributed by atoms with E-state index in [0.717, 1.165) is 0 Å². The Balaban J connectivity index is 3.64. The molecule has 15 nitrogen and oxygen atoms in total. The van der Waals surface area contributed by atoms with E-state index >= 15 is 0 Å². The number of carbonyl (C=O) groups is 3. The van der Waals surface area contributed by atoms with Crippen molar-refractivity contribution >= 4 is 17.7 Å². The molecule has 0 aliphatic heterocycles. The highest BCUT2D eigenvalue weighted by Gasteiger charge is 2.20. The molecule has 0 saturated heterocycles. The van der Waals surface area contributed by atoms with Gasteiger partial charge in [0.2, 0.25) is 0 Å². The molecule has 24 heavy (non-hydrogen) atoms. The topological polar surface area (TPSA) is 231 Å². The average Bonchev–Trinajstić information content (AvgIpc) is 2.58. The molecular formula is C9H15N9O6. The summed E-state index contributed by atoms with van der Waals surface area (Å²) in [7, 11) is 0. The lowest BCUT2D eigenvalue weighted by Gasteiger charge is -2.12. The van der Waals surface area contributed by atoms with E-state index in [4.69, 9.17) is 17.5 Å². The van der Waals surface area contributed by atoms with Gasteiger partial charge in [0.15, 0.2) is 0 Å². The Bertz CT molecular complexity index is 694. The summed E-state index contributed by atoms with van der Waals surface area (Å²) in [6, 6.07) is 0. The van der Waals surface area contributed by atoms with Gasteiger partial charge in [-0.05, 0) is 0 Å². The predicted molar refractivity (Wildman–Crippen MR) is 76.2 cm³/mol. The van der Waals surface area contributed by atoms with E-state index in [1.807, 2.05) is 0 Å². The quantitative estimate of drug-likeness (QED) is 0.163. The molecule has 0 unspecified atom stereocenters. The maximum absolute atomic E-state index is 12.2. The van der Waals surface area contributed by atoms with Crippen LogP contribution < -0.4 is 50.9 Å². The minimum atomic E-state index is -1.26. The second-order valence-electron chi connectivity index (χ2n) is 4.31. The van der Waals surface area contributed by atoms with Crippen LogP contribution in [0.15, 0.2) is 14.4 Å². The summed E-state index contributed by atoms with van der Waals surface area (Å²) in [4.78, 5) is 70.5. The molecular weight excluding hydrogens is 330 g/mol. The summed E-state index contributed by atoms with van der Waals surface area (Å²) in [5.74, 6) is 11.8. The van der Waals surface area contributed by atoms with Crippen LogP contribution in [-0.4, -0.2) is 31.4 Å². The number of nitrogens with one attached hydrogen (secondary N) is 3. The van der Waals surface area contributed by atoms with E-state index in [-0.39, 0.29) is 0 Å². The van der Waals surface area contributed by atoms with Gasteiger partial charge in [-0.2, -0.15) is 0 Å². The van der Waals surface area contributed by atoms with Crippen LogP contribution in [0.3, 0.4) is 0 Å². The van der Waals surface area contributed by atoms with Gasteiger partial charge in [-0.3, -0.25) is 30.7 Å². The van der Waals surface area contributed by atoms with Crippen LogP contribution in [0.4, 0.5) is 0 Å². The van der Waals surface area contributed by atoms with Crippen LogP contribution in [0.1, 0.15) is 0 Å². The third-order valence-corrected chi connectivity index (χ3v) is 2.77. The minimum absolute atomic E-state index is 0.317. The number of hydrogen-bond acceptors (Lipinski definition) is 9. The Morgan fingerprint density at radius 3 is 1.00 bits per heavy atom. The minimum Gasteiger partial charge on any atom is -0.293 e. The molecule has 0 fully saturated rings. The first-order chi connectivity index (χ1) is 11.3. The largest absolute Gasteiger partial charge is 0.337 e. The van der Waals surface area contributed by atoms with Crippen molar-refractivity contribution in [1.29, 1.82) is 0 Å². The SMILES string of the molecule is NNC(=O)Cn1c(=O)n(CC(=O)NN)c(=O)n(CC(=O)NN)c1=O. The first-order valence-electron chi connectivity index (χ1n) is 6.19. The summed E-state index contributed by atoms with van der Waals surface area (Å²) in [6.45, 7) is -2.53. The molecule has 0 aromatic carbocycles. The number of rotatable bonds is 6. The summed E-state index contributed by atoms with van der Waals surface area (Å²) in [6.07, 6.45) is 0. The molecule has 1 heterocycles. The zero-order chi connectivity index (χ0) is 18.4. The van der Waals surface area contributed by atoms with Crippen molar-refractivity contribution in [2.75, 3.05) is 0 Å². The number of hydrogen-bond donors (Lipinski definition) is 6. The number of aromatic nitrogens is 3. The van der Waals surface area contributed by atoms with Crippen LogP contribution >= 0.6 is 0 Å². The number of nitrogens with zero attached hydrogens (tertiary/aromatic N) is 3. The lowest BCUT2D eigenvalue weighted by molar-refractivity contribution is -0.122. The number of nitrogens with two attached hydrogens (primary N) is 3. The Morgan fingerprint density at radius 2 is 0.833 bits per heavy atom. The summed E-state index contributed by atoms with van der Waals surface area (Å²) < 4.78 is 0.950. The van der Waals surface area contributed by atoms with Crippen molar-refractivity contribution in [3.63, 3.8) is 0 Å². The fourth-order valence-electron chi connectivity index (χ4n) is 1.66. The van der Waals surface area contributed by atoms with Gasteiger partial charge in [0.1, 0.15) is 19.6 Å². The number of carbonyl (C=O) groups excluding carboxylic acids is 3. The summed E-state index contributed by atoms with van der Waals surface area (Å²) in [5.41, 5.74) is 1.29. The van der Waals surface area contributed by atoms with Crippen molar-refractivity contribution in [3.8, 4) is 0 Å². The fourth-order valence-corrected chi connectivity index (χ4v) is 1.66. The van der Waals surface area contributed by atoms with E-state index in [1.54, 1.807) is 16.3 Å². The van der Waals surface area contributed by atoms with Gasteiger partial charge in [-0.1, -0.05) is 0 Å². The molecule has 9 N–H and O–H groups in total. The second kappa shape index (κ2) is 7.81. The normalized spacial score (nSPS) is 10.1. The molecule has 0 saturated carbocycles. The van der Waals surface area contributed by atoms with E-state index in [9.17, 15) is 28.8 Å². The van der Waals surface area contributed by atoms with Gasteiger partial charge in [-0.15, -0.1) is 0 Å². The predicted octanol–water partition coefficient (Wildman–Crippen LogP) is -6.86. The average molecular weight is 345 g/mol. The lowest BCUT2D eigenvalue weighted by atomic mass is 10.5. The Hall–Kier alpha value is -3.30. The lowest BCUT2D eigenvalue weighted by Crippen LogP contribution is -2.58. The molecule has 1 aromatic rings. The number of hydrazine groups is 3. The van der Waals surface area contributed by atoms with E-state index < -0.39 is 54.4 Å². The fraction of sp³-hybridized carbons (Fsp3) is 0.333. The highest BCUT2D eigenvalue weighted by atomic mass is 16.2. The van der Waals surface area contributed by atoms with Crippen molar-refractivity contribution in [2.45, 2.75) is 19.6 Å². The zero-order valence-corrected chi connectivity index (χ0v) is 12.1. The maximum Gasteiger partial charge on any atom is 0.337 e. The van der Waals surface area contributed by atoms with Gasteiger partial charge >= 0.3 is 17.1 Å². The molecule has 0 atom stereocenters. The molecule has 0 spiro atoms. The van der Waals surface area contributed by atoms with Crippen molar-refractivity contribution in [1.82, 2.24) is 30.0 Å². The van der Waals surface area contributed by atoms with Gasteiger partial charge in [-0.25, -0.2) is 45.6 Å². The molecule has 1 aromatic heterocycles. The monoisotopic (exact) mass is 345 g/mol. The molecule has 0 radical (unpaired) electrons. The molecule has 0 bridgehead atoms. The molecule has 1 rings (SSSR count). The van der Waals surface area contributed by atoms with Crippen LogP contribution in [0.5, 0.6) is 0 Å². The Morgan fingerprint density at radius 1 is 0.625 bits per heavy atom. The third kappa shape index (κ3) is 3.91. The first-order valence-corrected chi connectivity index (χ1v) is 6.19. The summed E-state index contributed by atoms with van der Waals surface area (Å²) >= 11 is 0. The third-order valence-electron chi connectivity index (χ3n) is 2.77. The highest BCUT2D eigenvalue weighted by molar-refractivity contribution is 5.76. The Labute approximate surface area is 131 Å². The van der Waals surface area contributed by atoms with E-state index in [2.05, 4.69) is 0 Å². The van der Waals surface area contributed by atoms with Gasteiger partial charge in [0.25, 0.3) is 17.7 Å². The number of amides is 3. The van der Waals surface area contributed by atoms with E-state index in [1.165, 1.54) is 0 Å². The molecule has 132 valence electrons. The van der Waals surface area contributed by atoms with Crippen molar-refractivity contribution < 1.29 is 14.4 Å². The van der Waals surface area contributed by atoms with Crippen LogP contribution in [-0.2, 0) is 34.0 Å². The van der Waals surface area contributed by atoms with Crippen LogP contribution in [0.25, 0.3) is 0 Å². The van der Waals surface area contributed by atoms with Crippen LogP contribution in [0.2, 0.25) is 0 Å². The molecule has 15 heteroatoms. The maximum atomic E-state index is 12.2. The second-order valence-corrected chi connectivity index (χ2v) is 4.31. The molecule has 0 aliphatic carbocycles. The first kappa shape index (κ1) is 18.7. The van der Waals surface area contributed by atoms with Gasteiger partial charge in [0, 0.05) is 0 Å². The van der Waals surface area contributed by atoms with Crippen molar-refractivity contribution in [2.24, 2.45) is 17.5 Å². The molecule has 3 amide bonds. The van der Waals surface area contributed by atoms with Crippen LogP contribution in [0, 0.1) is 0 Å². The van der Waals surface area contributed by atoms with E-state index in [0.29, 0.717) is 13.7 Å².